The van der Waals surface area contributed by atoms with Gasteiger partial charge in [-0.05, 0) is 26.3 Å². The van der Waals surface area contributed by atoms with Gasteiger partial charge in [0.05, 0.1) is 6.10 Å². The van der Waals surface area contributed by atoms with Gasteiger partial charge in [0.2, 0.25) is 0 Å². The van der Waals surface area contributed by atoms with Gasteiger partial charge in [0, 0.05) is 18.6 Å². The van der Waals surface area contributed by atoms with Crippen molar-refractivity contribution < 1.29 is 4.74 Å². The molecule has 1 heterocycles. The maximum absolute atomic E-state index is 5.75. The maximum Gasteiger partial charge on any atom is 0.0618 e. The summed E-state index contributed by atoms with van der Waals surface area (Å²) in [7, 11) is 2.05. The van der Waals surface area contributed by atoms with Crippen LogP contribution in [0.4, 0.5) is 0 Å². The molecule has 3 unspecified atom stereocenters. The van der Waals surface area contributed by atoms with Crippen molar-refractivity contribution in [2.75, 3.05) is 20.2 Å². The van der Waals surface area contributed by atoms with Crippen molar-refractivity contribution >= 4 is 0 Å². The molecular weight excluding hydrogens is 174 g/mol. The molecule has 0 spiro atoms. The van der Waals surface area contributed by atoms with Crippen molar-refractivity contribution in [1.82, 2.24) is 5.32 Å². The summed E-state index contributed by atoms with van der Waals surface area (Å²) in [4.78, 5) is 0. The van der Waals surface area contributed by atoms with E-state index in [4.69, 9.17) is 4.74 Å². The van der Waals surface area contributed by atoms with E-state index in [9.17, 15) is 0 Å². The van der Waals surface area contributed by atoms with E-state index >= 15 is 0 Å². The van der Waals surface area contributed by atoms with E-state index in [1.54, 1.807) is 0 Å². The molecular formula is C12H25NO. The van der Waals surface area contributed by atoms with Crippen molar-refractivity contribution in [1.29, 1.82) is 0 Å². The van der Waals surface area contributed by atoms with Crippen LogP contribution in [0.25, 0.3) is 0 Å². The van der Waals surface area contributed by atoms with Crippen LogP contribution >= 0.6 is 0 Å². The zero-order valence-electron chi connectivity index (χ0n) is 10.1. The predicted octanol–water partition coefficient (Wildman–Crippen LogP) is 2.44. The molecule has 0 saturated carbocycles. The largest absolute Gasteiger partial charge is 0.378 e. The summed E-state index contributed by atoms with van der Waals surface area (Å²) in [6.45, 7) is 8.92. The smallest absolute Gasteiger partial charge is 0.0618 e. The molecule has 1 rings (SSSR count). The number of ether oxygens (including phenoxy) is 1. The minimum Gasteiger partial charge on any atom is -0.378 e. The highest BCUT2D eigenvalue weighted by Gasteiger charge is 2.44. The van der Waals surface area contributed by atoms with Crippen LogP contribution in [0.15, 0.2) is 0 Å². The summed E-state index contributed by atoms with van der Waals surface area (Å²) in [6.07, 6.45) is 4.22. The Morgan fingerprint density at radius 3 is 2.71 bits per heavy atom. The van der Waals surface area contributed by atoms with E-state index in [-0.39, 0.29) is 0 Å². The molecule has 1 N–H and O–H groups in total. The molecule has 0 aromatic rings. The van der Waals surface area contributed by atoms with Gasteiger partial charge in [-0.15, -0.1) is 0 Å². The minimum atomic E-state index is 0.380. The molecule has 0 aliphatic carbocycles. The van der Waals surface area contributed by atoms with Crippen LogP contribution in [-0.4, -0.2) is 26.3 Å². The molecule has 0 aromatic carbocycles. The average Bonchev–Trinajstić information content (AvgIpc) is 2.50. The first kappa shape index (κ1) is 12.0. The predicted molar refractivity (Wildman–Crippen MR) is 60.5 cm³/mol. The van der Waals surface area contributed by atoms with Crippen LogP contribution in [-0.2, 0) is 4.74 Å². The number of nitrogens with one attached hydrogen (secondary N) is 1. The van der Waals surface area contributed by atoms with E-state index in [0.29, 0.717) is 11.5 Å². The molecule has 14 heavy (non-hydrogen) atoms. The molecule has 1 aliphatic heterocycles. The van der Waals surface area contributed by atoms with Crippen LogP contribution in [0.3, 0.4) is 0 Å². The fraction of sp³-hybridized carbons (Fsp3) is 1.00. The molecule has 0 aromatic heterocycles. The quantitative estimate of drug-likeness (QED) is 0.734. The van der Waals surface area contributed by atoms with Gasteiger partial charge in [-0.3, -0.25) is 0 Å². The fourth-order valence-electron chi connectivity index (χ4n) is 2.90. The van der Waals surface area contributed by atoms with Crippen molar-refractivity contribution in [2.45, 2.75) is 46.1 Å². The molecule has 2 nitrogen and oxygen atoms in total. The molecule has 1 aliphatic rings. The fourth-order valence-corrected chi connectivity index (χ4v) is 2.90. The van der Waals surface area contributed by atoms with Crippen molar-refractivity contribution in [3.05, 3.63) is 0 Å². The van der Waals surface area contributed by atoms with Crippen molar-refractivity contribution in [3.63, 3.8) is 0 Å². The normalized spacial score (nSPS) is 34.7. The summed E-state index contributed by atoms with van der Waals surface area (Å²) >= 11 is 0. The lowest BCUT2D eigenvalue weighted by atomic mass is 9.69. The van der Waals surface area contributed by atoms with E-state index < -0.39 is 0 Å². The lowest BCUT2D eigenvalue weighted by Crippen LogP contribution is -2.43. The lowest BCUT2D eigenvalue weighted by molar-refractivity contribution is 0.0310. The van der Waals surface area contributed by atoms with Gasteiger partial charge in [-0.25, -0.2) is 0 Å². The molecule has 3 atom stereocenters. The Labute approximate surface area is 88.4 Å². The first-order valence-corrected chi connectivity index (χ1v) is 5.93. The highest BCUT2D eigenvalue weighted by Crippen LogP contribution is 2.43. The van der Waals surface area contributed by atoms with Gasteiger partial charge in [0.1, 0.15) is 0 Å². The Balaban J connectivity index is 2.69. The summed E-state index contributed by atoms with van der Waals surface area (Å²) < 4.78 is 5.75. The van der Waals surface area contributed by atoms with Gasteiger partial charge in [0.15, 0.2) is 0 Å². The average molecular weight is 199 g/mol. The van der Waals surface area contributed by atoms with Crippen molar-refractivity contribution in [3.8, 4) is 0 Å². The molecule has 1 fully saturated rings. The molecule has 1 saturated heterocycles. The topological polar surface area (TPSA) is 21.3 Å². The molecule has 0 amide bonds. The Bertz CT molecular complexity index is 172. The molecule has 0 bridgehead atoms. The Morgan fingerprint density at radius 2 is 2.29 bits per heavy atom. The van der Waals surface area contributed by atoms with E-state index in [1.165, 1.54) is 19.3 Å². The molecule has 84 valence electrons. The standard InChI is InChI=1S/C12H25NO/c1-5-6-10(2)12(9-13-4)7-8-14-11(12)3/h10-11,13H,5-9H2,1-4H3. The van der Waals surface area contributed by atoms with Crippen molar-refractivity contribution in [2.24, 2.45) is 11.3 Å². The third kappa shape index (κ3) is 2.12. The minimum absolute atomic E-state index is 0.380. The third-order valence-corrected chi connectivity index (χ3v) is 3.95. The Kier molecular flexibility index (Phi) is 4.39. The summed E-state index contributed by atoms with van der Waals surface area (Å²) in [6, 6.07) is 0. The van der Waals surface area contributed by atoms with Gasteiger partial charge in [-0.2, -0.15) is 0 Å². The third-order valence-electron chi connectivity index (χ3n) is 3.95. The highest BCUT2D eigenvalue weighted by molar-refractivity contribution is 4.94. The van der Waals surface area contributed by atoms with E-state index in [0.717, 1.165) is 19.1 Å². The second kappa shape index (κ2) is 5.13. The first-order valence-electron chi connectivity index (χ1n) is 5.93. The van der Waals surface area contributed by atoms with Crippen LogP contribution in [0.2, 0.25) is 0 Å². The van der Waals surface area contributed by atoms with Crippen LogP contribution < -0.4 is 5.32 Å². The number of hydrogen-bond donors (Lipinski definition) is 1. The lowest BCUT2D eigenvalue weighted by Gasteiger charge is -2.38. The van der Waals surface area contributed by atoms with Crippen LogP contribution in [0, 0.1) is 11.3 Å². The molecule has 0 radical (unpaired) electrons. The van der Waals surface area contributed by atoms with Gasteiger partial charge in [-0.1, -0.05) is 26.7 Å². The van der Waals surface area contributed by atoms with E-state index in [2.05, 4.69) is 26.1 Å². The highest BCUT2D eigenvalue weighted by atomic mass is 16.5. The second-order valence-electron chi connectivity index (χ2n) is 4.72. The molecule has 2 heteroatoms. The Hall–Kier alpha value is -0.0800. The second-order valence-corrected chi connectivity index (χ2v) is 4.72. The van der Waals surface area contributed by atoms with Gasteiger partial charge >= 0.3 is 0 Å². The SMILES string of the molecule is CCCC(C)C1(CNC)CCOC1C. The Morgan fingerprint density at radius 1 is 1.57 bits per heavy atom. The van der Waals surface area contributed by atoms with Crippen LogP contribution in [0.5, 0.6) is 0 Å². The summed E-state index contributed by atoms with van der Waals surface area (Å²) in [5, 5.41) is 3.34. The van der Waals surface area contributed by atoms with E-state index in [1.807, 2.05) is 7.05 Å². The summed E-state index contributed by atoms with van der Waals surface area (Å²) in [5.41, 5.74) is 0.380. The zero-order valence-corrected chi connectivity index (χ0v) is 10.1. The van der Waals surface area contributed by atoms with Gasteiger partial charge < -0.3 is 10.1 Å². The van der Waals surface area contributed by atoms with Gasteiger partial charge in [0.25, 0.3) is 0 Å². The zero-order chi connectivity index (χ0) is 10.6. The number of hydrogen-bond acceptors (Lipinski definition) is 2. The summed E-state index contributed by atoms with van der Waals surface area (Å²) in [5.74, 6) is 0.762. The first-order chi connectivity index (χ1) is 6.67. The monoisotopic (exact) mass is 199 g/mol. The maximum atomic E-state index is 5.75. The van der Waals surface area contributed by atoms with Crippen LogP contribution in [0.1, 0.15) is 40.0 Å². The number of rotatable bonds is 5.